The Kier molecular flexibility index (Phi) is 33.4. The monoisotopic (exact) mass is 709 g/mol. The Balaban J connectivity index is -0.0000000922. The number of nitrogen functional groups attached to an aromatic ring is 2. The van der Waals surface area contributed by atoms with Crippen molar-refractivity contribution >= 4 is 46.2 Å². The van der Waals surface area contributed by atoms with Crippen molar-refractivity contribution in [3.05, 3.63) is 55.7 Å². The zero-order valence-electron chi connectivity index (χ0n) is 22.6. The van der Waals surface area contributed by atoms with Gasteiger partial charge < -0.3 is 94.3 Å². The van der Waals surface area contributed by atoms with Crippen molar-refractivity contribution in [2.75, 3.05) is 11.5 Å². The Hall–Kier alpha value is -5.69. The first kappa shape index (κ1) is 55.3. The molecule has 0 fully saturated rings. The molecule has 0 aliphatic heterocycles. The summed E-state index contributed by atoms with van der Waals surface area (Å²) >= 11 is 0. The number of imidazole rings is 2. The molecule has 28 nitrogen and oxygen atoms in total. The van der Waals surface area contributed by atoms with E-state index >= 15 is 0 Å². The molecule has 0 unspecified atom stereocenters. The topological polar surface area (TPSA) is 541 Å². The van der Waals surface area contributed by atoms with Gasteiger partial charge in [0.15, 0.2) is 11.3 Å². The Morgan fingerprint density at radius 2 is 0.956 bits per heavy atom. The molecule has 259 valence electrons. The van der Waals surface area contributed by atoms with Crippen molar-refractivity contribution in [1.29, 1.82) is 0 Å². The smallest absolute Gasteiger partial charge is 0.481 e. The van der Waals surface area contributed by atoms with Crippen molar-refractivity contribution in [2.45, 2.75) is 25.9 Å². The SMILES string of the molecule is Nc1ncc2ncn(CCC(=O)O)c2n1.Nc1ncc2ncn(CCC(=O)O)c2n1.O.O.O=[N+]([O-])[O-].O=[N+]([O-])[O-].[Co+2].[OH3+].[OH3+].[OH3+].[OH3+]. The maximum Gasteiger partial charge on any atom is 2.00 e. The molecule has 0 amide bonds. The van der Waals surface area contributed by atoms with Gasteiger partial charge in [0.2, 0.25) is 11.9 Å². The van der Waals surface area contributed by atoms with E-state index in [-0.39, 0.29) is 74.4 Å². The fraction of sp³-hybridized carbons (Fsp3) is 0.250. The number of hydrogen-bond acceptors (Lipinski definition) is 16. The number of hydrogen-bond donors (Lipinski definition) is 4. The Labute approximate surface area is 258 Å². The first-order valence-electron chi connectivity index (χ1n) is 9.73. The van der Waals surface area contributed by atoms with Crippen LogP contribution in [0.5, 0.6) is 0 Å². The van der Waals surface area contributed by atoms with Gasteiger partial charge in [-0.05, 0) is 0 Å². The number of aliphatic carboxylic acids is 2. The van der Waals surface area contributed by atoms with E-state index in [9.17, 15) is 9.59 Å². The summed E-state index contributed by atoms with van der Waals surface area (Å²) in [7, 11) is 0. The van der Waals surface area contributed by atoms with E-state index in [2.05, 4.69) is 29.9 Å². The van der Waals surface area contributed by atoms with Crippen molar-refractivity contribution < 1.29 is 79.6 Å². The standard InChI is InChI=1S/2C8H9N5O2.Co.2NO3.6H2O/c2*9-8-10-3-5-7(12-8)13(4-11-5)2-1-6(14)15;;2*2-1(3)4;;;;;;/h2*3-4H,1-2H2,(H,14,15)(H2,9,10,12);;;;6*1H2/q;;+2;2*-1;;;;;;/p+4. The molecule has 0 aliphatic carbocycles. The molecule has 0 saturated heterocycles. The average Bonchev–Trinajstić information content (AvgIpc) is 3.39. The van der Waals surface area contributed by atoms with Crippen LogP contribution in [0.3, 0.4) is 0 Å². The molecule has 0 saturated carbocycles. The molecular weight excluding hydrogens is 675 g/mol. The van der Waals surface area contributed by atoms with Crippen molar-refractivity contribution in [3.8, 4) is 0 Å². The zero-order chi connectivity index (χ0) is 28.8. The second-order valence-corrected chi connectivity index (χ2v) is 6.48. The minimum atomic E-state index is -1.75. The summed E-state index contributed by atoms with van der Waals surface area (Å²) in [6.45, 7) is 0.643. The van der Waals surface area contributed by atoms with E-state index in [4.69, 9.17) is 52.3 Å². The predicted molar refractivity (Wildman–Crippen MR) is 151 cm³/mol. The van der Waals surface area contributed by atoms with Crippen LogP contribution in [0, 0.1) is 30.6 Å². The average molecular weight is 709 g/mol. The summed E-state index contributed by atoms with van der Waals surface area (Å²) < 4.78 is 3.28. The number of aryl methyl sites for hydroxylation is 2. The number of carboxylic acids is 2. The minimum Gasteiger partial charge on any atom is -0.481 e. The van der Waals surface area contributed by atoms with Crippen LogP contribution in [0.2, 0.25) is 0 Å². The van der Waals surface area contributed by atoms with Crippen molar-refractivity contribution in [1.82, 2.24) is 39.0 Å². The first-order chi connectivity index (χ1) is 17.8. The van der Waals surface area contributed by atoms with Gasteiger partial charge in [-0.1, -0.05) is 0 Å². The van der Waals surface area contributed by atoms with Gasteiger partial charge in [0.25, 0.3) is 0 Å². The predicted octanol–water partition coefficient (Wildman–Crippen LogP) is -6.05. The van der Waals surface area contributed by atoms with E-state index in [1.54, 1.807) is 9.13 Å². The van der Waals surface area contributed by atoms with Crippen LogP contribution in [0.1, 0.15) is 12.8 Å². The van der Waals surface area contributed by atoms with Crippen LogP contribution in [0.4, 0.5) is 11.9 Å². The summed E-state index contributed by atoms with van der Waals surface area (Å²) in [5.41, 5.74) is 13.2. The molecule has 4 rings (SSSR count). The molecule has 4 heterocycles. The fourth-order valence-corrected chi connectivity index (χ4v) is 2.50. The third kappa shape index (κ3) is 21.6. The Morgan fingerprint density at radius 3 is 1.20 bits per heavy atom. The molecule has 22 N–H and O–H groups in total. The van der Waals surface area contributed by atoms with Gasteiger partial charge in [0.1, 0.15) is 11.0 Å². The van der Waals surface area contributed by atoms with Gasteiger partial charge >= 0.3 is 28.7 Å². The van der Waals surface area contributed by atoms with Gasteiger partial charge in [-0.15, -0.1) is 0 Å². The summed E-state index contributed by atoms with van der Waals surface area (Å²) in [6, 6.07) is 0. The number of carboxylic acid groups (broad SMARTS) is 2. The summed E-state index contributed by atoms with van der Waals surface area (Å²) in [4.78, 5) is 60.9. The van der Waals surface area contributed by atoms with Gasteiger partial charge in [-0.2, -0.15) is 9.97 Å². The maximum atomic E-state index is 10.4. The number of nitrogens with zero attached hydrogens (tertiary/aromatic N) is 10. The molecule has 1 radical (unpaired) electrons. The number of carbonyl (C=O) groups is 2. The minimum absolute atomic E-state index is 0. The summed E-state index contributed by atoms with van der Waals surface area (Å²) in [6.07, 6.45) is 6.12. The quantitative estimate of drug-likeness (QED) is 0.0822. The number of fused-ring (bicyclic) bond motifs is 2. The number of aromatic nitrogens is 8. The first-order valence-corrected chi connectivity index (χ1v) is 9.73. The molecule has 0 aliphatic rings. The van der Waals surface area contributed by atoms with Crippen LogP contribution in [0.15, 0.2) is 25.0 Å². The second kappa shape index (κ2) is 27.2. The summed E-state index contributed by atoms with van der Waals surface area (Å²) in [5, 5.41) is 46.6. The zero-order valence-corrected chi connectivity index (χ0v) is 23.6. The molecule has 0 spiro atoms. The number of nitrogens with two attached hydrogens (primary N) is 2. The Bertz CT molecular complexity index is 1310. The van der Waals surface area contributed by atoms with Gasteiger partial charge in [-0.25, -0.2) is 19.9 Å². The second-order valence-electron chi connectivity index (χ2n) is 6.48. The molecule has 4 aromatic heterocycles. The molecular formula is C16H34CoN12O16+4. The van der Waals surface area contributed by atoms with E-state index in [0.29, 0.717) is 35.4 Å². The Morgan fingerprint density at radius 1 is 0.689 bits per heavy atom. The molecule has 0 atom stereocenters. The number of rotatable bonds is 6. The molecule has 29 heteroatoms. The van der Waals surface area contributed by atoms with E-state index < -0.39 is 22.1 Å². The van der Waals surface area contributed by atoms with Crippen LogP contribution in [0.25, 0.3) is 22.3 Å². The van der Waals surface area contributed by atoms with Crippen LogP contribution < -0.4 is 11.5 Å². The van der Waals surface area contributed by atoms with Gasteiger partial charge in [-0.3, -0.25) is 9.59 Å². The third-order valence-corrected chi connectivity index (χ3v) is 3.89. The van der Waals surface area contributed by atoms with Gasteiger partial charge in [0.05, 0.1) is 48.1 Å². The third-order valence-electron chi connectivity index (χ3n) is 3.89. The molecule has 0 aromatic carbocycles. The fourth-order valence-electron chi connectivity index (χ4n) is 2.50. The van der Waals surface area contributed by atoms with E-state index in [1.807, 2.05) is 0 Å². The van der Waals surface area contributed by atoms with Crippen LogP contribution in [-0.2, 0) is 61.4 Å². The largest absolute Gasteiger partial charge is 2.00 e. The number of anilines is 2. The molecule has 4 aromatic rings. The molecule has 0 bridgehead atoms. The van der Waals surface area contributed by atoms with Crippen molar-refractivity contribution in [3.63, 3.8) is 0 Å². The van der Waals surface area contributed by atoms with E-state index in [1.165, 1.54) is 25.0 Å². The van der Waals surface area contributed by atoms with Crippen molar-refractivity contribution in [2.24, 2.45) is 0 Å². The van der Waals surface area contributed by atoms with Crippen LogP contribution >= 0.6 is 0 Å². The maximum absolute atomic E-state index is 10.4. The molecule has 45 heavy (non-hydrogen) atoms. The van der Waals surface area contributed by atoms with Gasteiger partial charge in [0, 0.05) is 13.1 Å². The summed E-state index contributed by atoms with van der Waals surface area (Å²) in [5.74, 6) is -1.42. The van der Waals surface area contributed by atoms with E-state index in [0.717, 1.165) is 0 Å². The van der Waals surface area contributed by atoms with Crippen LogP contribution in [-0.4, -0.2) is 82.3 Å². The normalized spacial score (nSPS) is 8.18.